The molecule has 2 rings (SSSR count). The Hall–Kier alpha value is -2.39. The second-order valence-electron chi connectivity index (χ2n) is 6.63. The fourth-order valence-corrected chi connectivity index (χ4v) is 3.99. The number of carbonyl (C=O) groups excluding carboxylic acids is 2. The molecule has 0 aromatic heterocycles. The molecule has 0 aliphatic carbocycles. The van der Waals surface area contributed by atoms with Crippen LogP contribution < -0.4 is 10.1 Å². The number of thiocarbonyl (C=S) groups is 1. The first-order chi connectivity index (χ1) is 13.8. The number of methoxy groups -OCH3 is 1. The normalized spacial score (nSPS) is 17.3. The van der Waals surface area contributed by atoms with Gasteiger partial charge in [0.15, 0.2) is 0 Å². The van der Waals surface area contributed by atoms with Crippen LogP contribution in [0.25, 0.3) is 6.08 Å². The predicted molar refractivity (Wildman–Crippen MR) is 117 cm³/mol. The Morgan fingerprint density at radius 2 is 2.00 bits per heavy atom. The van der Waals surface area contributed by atoms with Gasteiger partial charge < -0.3 is 15.2 Å². The third-order valence-corrected chi connectivity index (χ3v) is 6.02. The third-order valence-electron chi connectivity index (χ3n) is 4.65. The smallest absolute Gasteiger partial charge is 0.326 e. The summed E-state index contributed by atoms with van der Waals surface area (Å²) in [5.41, 5.74) is 0.835. The van der Waals surface area contributed by atoms with Crippen LogP contribution in [0.5, 0.6) is 5.75 Å². The number of nitrogens with one attached hydrogen (secondary N) is 1. The number of hydrogen-bond acceptors (Lipinski definition) is 6. The molecule has 1 aliphatic rings. The summed E-state index contributed by atoms with van der Waals surface area (Å²) < 4.78 is 5.49. The van der Waals surface area contributed by atoms with E-state index in [1.54, 1.807) is 32.2 Å². The second-order valence-corrected chi connectivity index (χ2v) is 8.30. The average Bonchev–Trinajstić information content (AvgIpc) is 2.97. The van der Waals surface area contributed by atoms with Gasteiger partial charge in [-0.1, -0.05) is 56.4 Å². The Morgan fingerprint density at radius 3 is 2.55 bits per heavy atom. The van der Waals surface area contributed by atoms with Crippen molar-refractivity contribution >= 4 is 52.2 Å². The molecular weight excluding hydrogens is 412 g/mol. The van der Waals surface area contributed by atoms with Gasteiger partial charge in [0.05, 0.1) is 12.0 Å². The lowest BCUT2D eigenvalue weighted by Crippen LogP contribution is -2.46. The number of aliphatic carboxylic acids is 1. The van der Waals surface area contributed by atoms with Crippen molar-refractivity contribution in [3.63, 3.8) is 0 Å². The van der Waals surface area contributed by atoms with E-state index < -0.39 is 17.9 Å². The fraction of sp³-hybridized carbons (Fsp3) is 0.400. The average molecular weight is 437 g/mol. The van der Waals surface area contributed by atoms with E-state index in [0.29, 0.717) is 15.6 Å². The van der Waals surface area contributed by atoms with Crippen molar-refractivity contribution in [1.82, 2.24) is 10.2 Å². The molecule has 1 heterocycles. The van der Waals surface area contributed by atoms with E-state index >= 15 is 0 Å². The molecule has 2 atom stereocenters. The molecular formula is C20H24N2O5S2. The quantitative estimate of drug-likeness (QED) is 0.454. The first kappa shape index (κ1) is 22.9. The molecule has 2 amide bonds. The van der Waals surface area contributed by atoms with Crippen LogP contribution in [0.3, 0.4) is 0 Å². The van der Waals surface area contributed by atoms with Crippen LogP contribution in [0.4, 0.5) is 0 Å². The van der Waals surface area contributed by atoms with Gasteiger partial charge in [-0.15, -0.1) is 0 Å². The maximum Gasteiger partial charge on any atom is 0.326 e. The van der Waals surface area contributed by atoms with Gasteiger partial charge in [-0.2, -0.15) is 0 Å². The van der Waals surface area contributed by atoms with Crippen LogP contribution in [0, 0.1) is 5.92 Å². The molecule has 7 nitrogen and oxygen atoms in total. The van der Waals surface area contributed by atoms with Crippen molar-refractivity contribution in [1.29, 1.82) is 0 Å². The lowest BCUT2D eigenvalue weighted by molar-refractivity contribution is -0.143. The monoisotopic (exact) mass is 436 g/mol. The van der Waals surface area contributed by atoms with Crippen molar-refractivity contribution in [3.8, 4) is 5.75 Å². The molecule has 156 valence electrons. The molecule has 1 fully saturated rings. The van der Waals surface area contributed by atoms with E-state index in [1.165, 1.54) is 16.7 Å². The first-order valence-electron chi connectivity index (χ1n) is 9.18. The van der Waals surface area contributed by atoms with E-state index in [4.69, 9.17) is 17.0 Å². The second kappa shape index (κ2) is 10.4. The highest BCUT2D eigenvalue weighted by atomic mass is 32.2. The van der Waals surface area contributed by atoms with Gasteiger partial charge in [0, 0.05) is 13.0 Å². The van der Waals surface area contributed by atoms with Gasteiger partial charge in [0.1, 0.15) is 16.1 Å². The van der Waals surface area contributed by atoms with Crippen LogP contribution in [-0.4, -0.2) is 51.8 Å². The summed E-state index contributed by atoms with van der Waals surface area (Å²) in [5.74, 6) is -1.23. The standard InChI is InChI=1S/C20H24N2O5S2/c1-4-12(2)17(19(25)26)21-16(23)9-10-22-18(24)15(29-20(22)28)11-13-5-7-14(27-3)8-6-13/h5-8,11-12,17H,4,9-10H2,1-3H3,(H,21,23)(H,25,26)/b15-11+/t12-,17+/m1/s1. The van der Waals surface area contributed by atoms with Crippen LogP contribution in [0.2, 0.25) is 0 Å². The number of rotatable bonds is 9. The van der Waals surface area contributed by atoms with Gasteiger partial charge >= 0.3 is 5.97 Å². The fourth-order valence-electron chi connectivity index (χ4n) is 2.69. The zero-order valence-corrected chi connectivity index (χ0v) is 18.1. The summed E-state index contributed by atoms with van der Waals surface area (Å²) in [5, 5.41) is 11.8. The number of nitrogens with zero attached hydrogens (tertiary/aromatic N) is 1. The van der Waals surface area contributed by atoms with E-state index in [2.05, 4.69) is 5.32 Å². The highest BCUT2D eigenvalue weighted by molar-refractivity contribution is 8.26. The van der Waals surface area contributed by atoms with Crippen LogP contribution in [0.15, 0.2) is 29.2 Å². The van der Waals surface area contributed by atoms with Crippen LogP contribution in [0.1, 0.15) is 32.3 Å². The lowest BCUT2D eigenvalue weighted by atomic mass is 9.99. The summed E-state index contributed by atoms with van der Waals surface area (Å²) in [6.45, 7) is 3.73. The molecule has 0 radical (unpaired) electrons. The Labute approximate surface area is 179 Å². The zero-order chi connectivity index (χ0) is 21.6. The number of carboxylic acid groups (broad SMARTS) is 1. The van der Waals surface area contributed by atoms with Crippen molar-refractivity contribution < 1.29 is 24.2 Å². The Balaban J connectivity index is 1.98. The summed E-state index contributed by atoms with van der Waals surface area (Å²) in [4.78, 5) is 38.0. The molecule has 9 heteroatoms. The molecule has 0 bridgehead atoms. The van der Waals surface area contributed by atoms with Crippen LogP contribution >= 0.6 is 24.0 Å². The first-order valence-corrected chi connectivity index (χ1v) is 10.4. The highest BCUT2D eigenvalue weighted by Gasteiger charge is 2.32. The molecule has 0 spiro atoms. The molecule has 1 saturated heterocycles. The molecule has 1 aliphatic heterocycles. The highest BCUT2D eigenvalue weighted by Crippen LogP contribution is 2.32. The summed E-state index contributed by atoms with van der Waals surface area (Å²) in [6, 6.07) is 6.31. The van der Waals surface area contributed by atoms with Crippen molar-refractivity contribution in [2.45, 2.75) is 32.7 Å². The summed E-state index contributed by atoms with van der Waals surface area (Å²) in [7, 11) is 1.58. The largest absolute Gasteiger partial charge is 0.497 e. The van der Waals surface area contributed by atoms with Crippen LogP contribution in [-0.2, 0) is 14.4 Å². The zero-order valence-electron chi connectivity index (χ0n) is 16.5. The molecule has 2 N–H and O–H groups in total. The van der Waals surface area contributed by atoms with E-state index in [1.807, 2.05) is 19.1 Å². The maximum absolute atomic E-state index is 12.6. The van der Waals surface area contributed by atoms with Gasteiger partial charge in [-0.3, -0.25) is 14.5 Å². The number of amides is 2. The van der Waals surface area contributed by atoms with Crippen molar-refractivity contribution in [2.24, 2.45) is 5.92 Å². The van der Waals surface area contributed by atoms with E-state index in [-0.39, 0.29) is 24.8 Å². The van der Waals surface area contributed by atoms with Gasteiger partial charge in [-0.05, 0) is 29.7 Å². The molecule has 1 aromatic carbocycles. The van der Waals surface area contributed by atoms with Gasteiger partial charge in [-0.25, -0.2) is 4.79 Å². The number of ether oxygens (including phenoxy) is 1. The predicted octanol–water partition coefficient (Wildman–Crippen LogP) is 2.90. The number of carboxylic acids is 1. The van der Waals surface area contributed by atoms with Gasteiger partial charge in [0.25, 0.3) is 5.91 Å². The minimum atomic E-state index is -1.07. The Kier molecular flexibility index (Phi) is 8.21. The van der Waals surface area contributed by atoms with Crippen molar-refractivity contribution in [3.05, 3.63) is 34.7 Å². The number of benzene rings is 1. The number of hydrogen-bond donors (Lipinski definition) is 2. The molecule has 0 unspecified atom stereocenters. The van der Waals surface area contributed by atoms with Crippen molar-refractivity contribution in [2.75, 3.05) is 13.7 Å². The lowest BCUT2D eigenvalue weighted by Gasteiger charge is -2.21. The topological polar surface area (TPSA) is 95.9 Å². The number of carbonyl (C=O) groups is 3. The molecule has 1 aromatic rings. The van der Waals surface area contributed by atoms with E-state index in [9.17, 15) is 19.5 Å². The maximum atomic E-state index is 12.6. The minimum absolute atomic E-state index is 0.0253. The molecule has 29 heavy (non-hydrogen) atoms. The minimum Gasteiger partial charge on any atom is -0.497 e. The molecule has 0 saturated carbocycles. The van der Waals surface area contributed by atoms with Gasteiger partial charge in [0.2, 0.25) is 5.91 Å². The SMILES string of the molecule is CC[C@@H](C)[C@H](NC(=O)CCN1C(=O)/C(=C\c2ccc(OC)cc2)SC1=S)C(=O)O. The number of thioether (sulfide) groups is 1. The summed E-state index contributed by atoms with van der Waals surface area (Å²) in [6.07, 6.45) is 2.34. The Bertz CT molecular complexity index is 823. The Morgan fingerprint density at radius 1 is 1.34 bits per heavy atom. The van der Waals surface area contributed by atoms with E-state index in [0.717, 1.165) is 11.3 Å². The summed E-state index contributed by atoms with van der Waals surface area (Å²) >= 11 is 6.45. The third kappa shape index (κ3) is 6.04.